The number of amides is 2. The Balaban J connectivity index is 1.53. The van der Waals surface area contributed by atoms with Gasteiger partial charge in [0, 0.05) is 25.1 Å². The molecule has 0 aliphatic carbocycles. The summed E-state index contributed by atoms with van der Waals surface area (Å²) in [6.45, 7) is 1.07. The van der Waals surface area contributed by atoms with Gasteiger partial charge in [-0.1, -0.05) is 12.1 Å². The van der Waals surface area contributed by atoms with Gasteiger partial charge >= 0.3 is 0 Å². The molecule has 2 aromatic rings. The van der Waals surface area contributed by atoms with E-state index in [2.05, 4.69) is 5.32 Å². The first-order chi connectivity index (χ1) is 11.6. The van der Waals surface area contributed by atoms with Gasteiger partial charge in [0.25, 0.3) is 5.91 Å². The van der Waals surface area contributed by atoms with E-state index in [9.17, 15) is 14.0 Å². The van der Waals surface area contributed by atoms with E-state index in [0.717, 1.165) is 28.8 Å². The number of hydrogen-bond donors (Lipinski definition) is 1. The van der Waals surface area contributed by atoms with E-state index in [1.54, 1.807) is 12.1 Å². The lowest BCUT2D eigenvalue weighted by atomic mass is 9.96. The molecule has 0 fully saturated rings. The molecule has 24 heavy (non-hydrogen) atoms. The van der Waals surface area contributed by atoms with E-state index < -0.39 is 0 Å². The molecule has 122 valence electrons. The van der Waals surface area contributed by atoms with Crippen LogP contribution < -0.4 is 10.2 Å². The summed E-state index contributed by atoms with van der Waals surface area (Å²) in [5, 5.41) is 2.87. The standard InChI is InChI=1S/C19H17FN2O2/c20-16-4-1-12(2-5-16)11-21-19(24)15-9-13-3-6-17(23)22-8-7-14(10-15)18(13)22/h1-2,4-5,9-10H,3,6-8,11H2,(H,21,24). The molecule has 0 radical (unpaired) electrons. The first-order valence-corrected chi connectivity index (χ1v) is 8.10. The average Bonchev–Trinajstić information content (AvgIpc) is 3.03. The Morgan fingerprint density at radius 1 is 1.08 bits per heavy atom. The van der Waals surface area contributed by atoms with Crippen molar-refractivity contribution in [1.82, 2.24) is 5.32 Å². The second-order valence-electron chi connectivity index (χ2n) is 6.25. The fourth-order valence-electron chi connectivity index (χ4n) is 3.48. The molecule has 2 heterocycles. The fourth-order valence-corrected chi connectivity index (χ4v) is 3.48. The third kappa shape index (κ3) is 2.56. The summed E-state index contributed by atoms with van der Waals surface area (Å²) < 4.78 is 12.9. The van der Waals surface area contributed by atoms with Crippen LogP contribution in [0.5, 0.6) is 0 Å². The van der Waals surface area contributed by atoms with Gasteiger partial charge in [0.2, 0.25) is 5.91 Å². The molecule has 1 N–H and O–H groups in total. The van der Waals surface area contributed by atoms with Gasteiger partial charge in [-0.2, -0.15) is 0 Å². The minimum Gasteiger partial charge on any atom is -0.348 e. The number of hydrogen-bond acceptors (Lipinski definition) is 2. The van der Waals surface area contributed by atoms with E-state index in [1.165, 1.54) is 12.1 Å². The Bertz CT molecular complexity index is 830. The highest BCUT2D eigenvalue weighted by Crippen LogP contribution is 2.37. The minimum atomic E-state index is -0.290. The molecule has 2 aliphatic rings. The molecule has 0 aromatic heterocycles. The highest BCUT2D eigenvalue weighted by atomic mass is 19.1. The summed E-state index contributed by atoms with van der Waals surface area (Å²) in [4.78, 5) is 26.2. The molecule has 5 heteroatoms. The minimum absolute atomic E-state index is 0.145. The Hall–Kier alpha value is -2.69. The van der Waals surface area contributed by atoms with Crippen LogP contribution in [0.25, 0.3) is 0 Å². The molecular formula is C19H17FN2O2. The van der Waals surface area contributed by atoms with Crippen LogP contribution in [-0.4, -0.2) is 18.4 Å². The molecule has 2 aliphatic heterocycles. The predicted molar refractivity (Wildman–Crippen MR) is 88.4 cm³/mol. The van der Waals surface area contributed by atoms with Gasteiger partial charge in [0.1, 0.15) is 5.82 Å². The third-order valence-corrected chi connectivity index (χ3v) is 4.68. The number of carbonyl (C=O) groups is 2. The molecule has 0 atom stereocenters. The lowest BCUT2D eigenvalue weighted by molar-refractivity contribution is -0.118. The van der Waals surface area contributed by atoms with Crippen molar-refractivity contribution in [1.29, 1.82) is 0 Å². The molecule has 2 amide bonds. The second kappa shape index (κ2) is 5.74. The first-order valence-electron chi connectivity index (χ1n) is 8.10. The summed E-state index contributed by atoms with van der Waals surface area (Å²) in [6, 6.07) is 9.86. The number of halogens is 1. The normalized spacial score (nSPS) is 15.4. The van der Waals surface area contributed by atoms with E-state index in [0.29, 0.717) is 31.5 Å². The SMILES string of the molecule is O=C(NCc1ccc(F)cc1)c1cc2c3c(c1)CCN3C(=O)CC2. The van der Waals surface area contributed by atoms with Crippen LogP contribution in [0.15, 0.2) is 36.4 Å². The van der Waals surface area contributed by atoms with Crippen molar-refractivity contribution in [2.45, 2.75) is 25.8 Å². The number of carbonyl (C=O) groups excluding carboxylic acids is 2. The quantitative estimate of drug-likeness (QED) is 0.943. The Labute approximate surface area is 139 Å². The number of nitrogens with zero attached hydrogens (tertiary/aromatic N) is 1. The first kappa shape index (κ1) is 14.9. The summed E-state index contributed by atoms with van der Waals surface area (Å²) in [7, 11) is 0. The molecule has 4 nitrogen and oxygen atoms in total. The van der Waals surface area contributed by atoms with Gasteiger partial charge in [-0.05, 0) is 53.8 Å². The van der Waals surface area contributed by atoms with Crippen LogP contribution in [0, 0.1) is 5.82 Å². The highest BCUT2D eigenvalue weighted by Gasteiger charge is 2.31. The maximum atomic E-state index is 12.9. The molecule has 0 unspecified atom stereocenters. The van der Waals surface area contributed by atoms with Gasteiger partial charge in [0.05, 0.1) is 5.69 Å². The van der Waals surface area contributed by atoms with Crippen molar-refractivity contribution in [2.75, 3.05) is 11.4 Å². The molecule has 4 rings (SSSR count). The maximum Gasteiger partial charge on any atom is 0.251 e. The van der Waals surface area contributed by atoms with Crippen molar-refractivity contribution in [3.8, 4) is 0 Å². The van der Waals surface area contributed by atoms with Crippen LogP contribution in [0.4, 0.5) is 10.1 Å². The second-order valence-corrected chi connectivity index (χ2v) is 6.25. The number of benzene rings is 2. The fraction of sp³-hybridized carbons (Fsp3) is 0.263. The molecule has 0 spiro atoms. The van der Waals surface area contributed by atoms with Crippen molar-refractivity contribution < 1.29 is 14.0 Å². The molecule has 0 bridgehead atoms. The zero-order valence-electron chi connectivity index (χ0n) is 13.1. The smallest absolute Gasteiger partial charge is 0.251 e. The summed E-state index contributed by atoms with van der Waals surface area (Å²) in [6.07, 6.45) is 2.00. The Morgan fingerprint density at radius 3 is 2.54 bits per heavy atom. The van der Waals surface area contributed by atoms with Crippen LogP contribution in [0.3, 0.4) is 0 Å². The zero-order chi connectivity index (χ0) is 16.7. The van der Waals surface area contributed by atoms with E-state index in [4.69, 9.17) is 0 Å². The zero-order valence-corrected chi connectivity index (χ0v) is 13.1. The van der Waals surface area contributed by atoms with Gasteiger partial charge in [-0.3, -0.25) is 9.59 Å². The molecule has 0 saturated heterocycles. The predicted octanol–water partition coefficient (Wildman–Crippen LogP) is 2.59. The number of anilines is 1. The summed E-state index contributed by atoms with van der Waals surface area (Å²) in [5.41, 5.74) is 4.65. The lowest BCUT2D eigenvalue weighted by Gasteiger charge is -2.25. The van der Waals surface area contributed by atoms with Crippen molar-refractivity contribution in [3.05, 3.63) is 64.5 Å². The van der Waals surface area contributed by atoms with Gasteiger partial charge in [-0.25, -0.2) is 4.39 Å². The Morgan fingerprint density at radius 2 is 1.79 bits per heavy atom. The highest BCUT2D eigenvalue weighted by molar-refractivity contribution is 6.01. The Kier molecular flexibility index (Phi) is 3.56. The van der Waals surface area contributed by atoms with Crippen LogP contribution in [0.1, 0.15) is 33.5 Å². The third-order valence-electron chi connectivity index (χ3n) is 4.68. The molecule has 0 saturated carbocycles. The van der Waals surface area contributed by atoms with Crippen LogP contribution in [0.2, 0.25) is 0 Å². The molecular weight excluding hydrogens is 307 g/mol. The number of nitrogens with one attached hydrogen (secondary N) is 1. The number of rotatable bonds is 3. The van der Waals surface area contributed by atoms with Gasteiger partial charge < -0.3 is 10.2 Å². The average molecular weight is 324 g/mol. The van der Waals surface area contributed by atoms with Gasteiger partial charge in [0.15, 0.2) is 0 Å². The van der Waals surface area contributed by atoms with E-state index in [-0.39, 0.29) is 17.6 Å². The topological polar surface area (TPSA) is 49.4 Å². The van der Waals surface area contributed by atoms with Crippen molar-refractivity contribution in [2.24, 2.45) is 0 Å². The lowest BCUT2D eigenvalue weighted by Crippen LogP contribution is -2.33. The van der Waals surface area contributed by atoms with Crippen molar-refractivity contribution >= 4 is 17.5 Å². The van der Waals surface area contributed by atoms with E-state index >= 15 is 0 Å². The monoisotopic (exact) mass is 324 g/mol. The number of aryl methyl sites for hydroxylation is 1. The molecule has 2 aromatic carbocycles. The van der Waals surface area contributed by atoms with Crippen molar-refractivity contribution in [3.63, 3.8) is 0 Å². The van der Waals surface area contributed by atoms with Gasteiger partial charge in [-0.15, -0.1) is 0 Å². The largest absolute Gasteiger partial charge is 0.348 e. The summed E-state index contributed by atoms with van der Waals surface area (Å²) in [5.74, 6) is -0.259. The summed E-state index contributed by atoms with van der Waals surface area (Å²) >= 11 is 0. The van der Waals surface area contributed by atoms with Crippen LogP contribution in [-0.2, 0) is 24.2 Å². The van der Waals surface area contributed by atoms with Crippen LogP contribution >= 0.6 is 0 Å². The maximum absolute atomic E-state index is 12.9. The van der Waals surface area contributed by atoms with E-state index in [1.807, 2.05) is 17.0 Å².